The molecular weight excluding hydrogens is 258 g/mol. The summed E-state index contributed by atoms with van der Waals surface area (Å²) in [6, 6.07) is 8.95. The lowest BCUT2D eigenvalue weighted by Crippen LogP contribution is -2.08. The molecule has 1 aliphatic heterocycles. The highest BCUT2D eigenvalue weighted by molar-refractivity contribution is 6.20. The van der Waals surface area contributed by atoms with Gasteiger partial charge in [-0.2, -0.15) is 0 Å². The van der Waals surface area contributed by atoms with Gasteiger partial charge in [0.2, 0.25) is 0 Å². The monoisotopic (exact) mass is 271 g/mol. The summed E-state index contributed by atoms with van der Waals surface area (Å²) in [4.78, 5) is 16.6. The van der Waals surface area contributed by atoms with Gasteiger partial charge in [-0.1, -0.05) is 41.4 Å². The number of benzene rings is 1. The molecule has 0 spiro atoms. The zero-order chi connectivity index (χ0) is 14.5. The Hall–Kier alpha value is -2.74. The Balaban J connectivity index is 2.28. The van der Waals surface area contributed by atoms with Gasteiger partial charge in [-0.05, 0) is 6.92 Å². The highest BCUT2D eigenvalue weighted by atomic mass is 16.6. The normalized spacial score (nSPS) is 18.7. The molecule has 1 N–H and O–H groups in total. The summed E-state index contributed by atoms with van der Waals surface area (Å²) in [7, 11) is 0. The first-order chi connectivity index (χ1) is 9.65. The Morgan fingerprint density at radius 3 is 2.85 bits per heavy atom. The molecule has 20 heavy (non-hydrogen) atoms. The molecule has 1 atom stereocenters. The highest BCUT2D eigenvalue weighted by Crippen LogP contribution is 2.33. The third-order valence-corrected chi connectivity index (χ3v) is 2.75. The van der Waals surface area contributed by atoms with Crippen LogP contribution < -0.4 is 0 Å². The lowest BCUT2D eigenvalue weighted by atomic mass is 10.1. The second-order valence-electron chi connectivity index (χ2n) is 4.11. The van der Waals surface area contributed by atoms with Crippen molar-refractivity contribution < 1.29 is 19.5 Å². The fourth-order valence-corrected chi connectivity index (χ4v) is 1.86. The van der Waals surface area contributed by atoms with Crippen molar-refractivity contribution >= 4 is 11.7 Å². The topological polar surface area (TPSA) is 68.1 Å². The average molecular weight is 271 g/mol. The van der Waals surface area contributed by atoms with Gasteiger partial charge in [-0.25, -0.2) is 4.79 Å². The number of carbonyl (C=O) groups is 1. The number of ether oxygens (including phenoxy) is 1. The van der Waals surface area contributed by atoms with E-state index in [4.69, 9.17) is 16.0 Å². The van der Waals surface area contributed by atoms with Crippen LogP contribution in [0.1, 0.15) is 18.6 Å². The number of aliphatic hydroxyl groups excluding tert-OH is 1. The number of rotatable bonds is 4. The largest absolute Gasteiger partial charge is 0.507 e. The Bertz CT molecular complexity index is 611. The summed E-state index contributed by atoms with van der Waals surface area (Å²) in [5, 5.41) is 13.8. The summed E-state index contributed by atoms with van der Waals surface area (Å²) in [5.41, 5.74) is 0.919. The number of hydrogen-bond donors (Lipinski definition) is 1. The number of terminal acetylenes is 1. The van der Waals surface area contributed by atoms with E-state index in [9.17, 15) is 9.90 Å². The van der Waals surface area contributed by atoms with Crippen LogP contribution in [0.5, 0.6) is 0 Å². The molecule has 1 aromatic carbocycles. The molecule has 1 aliphatic rings. The Morgan fingerprint density at radius 1 is 1.50 bits per heavy atom. The smallest absolute Gasteiger partial charge is 0.344 e. The quantitative estimate of drug-likeness (QED) is 0.299. The average Bonchev–Trinajstić information content (AvgIpc) is 2.75. The zero-order valence-corrected chi connectivity index (χ0v) is 10.9. The fourth-order valence-electron chi connectivity index (χ4n) is 1.86. The first kappa shape index (κ1) is 13.7. The molecule has 0 aliphatic carbocycles. The van der Waals surface area contributed by atoms with Crippen LogP contribution in [0.3, 0.4) is 0 Å². The summed E-state index contributed by atoms with van der Waals surface area (Å²) in [6.07, 6.45) is 4.21. The van der Waals surface area contributed by atoms with Crippen molar-refractivity contribution in [2.75, 3.05) is 6.61 Å². The molecular formula is C15H13NO4. The summed E-state index contributed by atoms with van der Waals surface area (Å²) >= 11 is 0. The Morgan fingerprint density at radius 2 is 2.20 bits per heavy atom. The van der Waals surface area contributed by atoms with E-state index in [1.54, 1.807) is 24.3 Å². The van der Waals surface area contributed by atoms with Crippen LogP contribution in [0.4, 0.5) is 0 Å². The van der Waals surface area contributed by atoms with Gasteiger partial charge in [0.15, 0.2) is 18.5 Å². The second kappa shape index (κ2) is 5.93. The molecule has 0 saturated carbocycles. The molecule has 1 unspecified atom stereocenters. The maximum atomic E-state index is 11.8. The lowest BCUT2D eigenvalue weighted by Gasteiger charge is -2.09. The van der Waals surface area contributed by atoms with Gasteiger partial charge >= 0.3 is 5.97 Å². The summed E-state index contributed by atoms with van der Waals surface area (Å²) in [6.45, 7) is 1.53. The molecule has 102 valence electrons. The van der Waals surface area contributed by atoms with Gasteiger partial charge < -0.3 is 14.7 Å². The van der Waals surface area contributed by atoms with Crippen molar-refractivity contribution in [3.8, 4) is 12.3 Å². The van der Waals surface area contributed by atoms with Crippen LogP contribution in [-0.4, -0.2) is 23.4 Å². The van der Waals surface area contributed by atoms with E-state index in [1.165, 1.54) is 6.92 Å². The van der Waals surface area contributed by atoms with Crippen LogP contribution in [0.2, 0.25) is 0 Å². The van der Waals surface area contributed by atoms with Gasteiger partial charge in [0.25, 0.3) is 0 Å². The van der Waals surface area contributed by atoms with Gasteiger partial charge in [0.05, 0.1) is 5.71 Å². The Labute approximate surface area is 116 Å². The van der Waals surface area contributed by atoms with E-state index in [0.29, 0.717) is 5.56 Å². The first-order valence-electron chi connectivity index (χ1n) is 5.94. The molecule has 1 aromatic rings. The number of aliphatic hydroxyl groups is 1. The molecule has 0 fully saturated rings. The minimum atomic E-state index is -0.809. The molecule has 0 bridgehead atoms. The second-order valence-corrected chi connectivity index (χ2v) is 4.11. The molecule has 5 heteroatoms. The summed E-state index contributed by atoms with van der Waals surface area (Å²) in [5.74, 6) is 1.44. The van der Waals surface area contributed by atoms with Crippen molar-refractivity contribution in [3.63, 3.8) is 0 Å². The highest BCUT2D eigenvalue weighted by Gasteiger charge is 2.36. The van der Waals surface area contributed by atoms with Gasteiger partial charge in [-0.15, -0.1) is 6.42 Å². The number of nitrogens with zero attached hydrogens (tertiary/aromatic N) is 1. The molecule has 0 radical (unpaired) electrons. The van der Waals surface area contributed by atoms with Crippen LogP contribution >= 0.6 is 0 Å². The third kappa shape index (κ3) is 2.64. The van der Waals surface area contributed by atoms with E-state index in [1.807, 2.05) is 6.07 Å². The molecule has 5 nitrogen and oxygen atoms in total. The maximum Gasteiger partial charge on any atom is 0.344 e. The van der Waals surface area contributed by atoms with Crippen LogP contribution in [-0.2, 0) is 14.4 Å². The van der Waals surface area contributed by atoms with Crippen LogP contribution in [0, 0.1) is 12.3 Å². The van der Waals surface area contributed by atoms with E-state index < -0.39 is 12.1 Å². The predicted molar refractivity (Wildman–Crippen MR) is 72.8 cm³/mol. The van der Waals surface area contributed by atoms with Crippen molar-refractivity contribution in [1.82, 2.24) is 0 Å². The van der Waals surface area contributed by atoms with E-state index in [0.717, 1.165) is 0 Å². The van der Waals surface area contributed by atoms with Crippen LogP contribution in [0.25, 0.3) is 0 Å². The van der Waals surface area contributed by atoms with Gasteiger partial charge in [0.1, 0.15) is 5.57 Å². The molecule has 0 aromatic heterocycles. The van der Waals surface area contributed by atoms with Crippen molar-refractivity contribution in [2.24, 2.45) is 5.16 Å². The van der Waals surface area contributed by atoms with Crippen molar-refractivity contribution in [3.05, 3.63) is 47.2 Å². The molecule has 0 amide bonds. The van der Waals surface area contributed by atoms with Crippen LogP contribution in [0.15, 0.2) is 46.8 Å². The number of carbonyl (C=O) groups excluding carboxylic acids is 1. The standard InChI is InChI=1S/C15H13NO4/c1-3-9-19-16-10(2)12-13(17)14(20-15(12)18)11-7-5-4-6-8-11/h1,4-8,14,17H,9H2,2H3/b16-10+. The van der Waals surface area contributed by atoms with E-state index in [-0.39, 0.29) is 23.7 Å². The molecule has 2 rings (SSSR count). The lowest BCUT2D eigenvalue weighted by molar-refractivity contribution is -0.140. The van der Waals surface area contributed by atoms with Crippen molar-refractivity contribution in [1.29, 1.82) is 0 Å². The molecule has 1 heterocycles. The SMILES string of the molecule is C#CCO/N=C(\C)C1=C(O)C(c2ccccc2)OC1=O. The Kier molecular flexibility index (Phi) is 4.06. The number of esters is 1. The summed E-state index contributed by atoms with van der Waals surface area (Å²) < 4.78 is 5.16. The van der Waals surface area contributed by atoms with E-state index >= 15 is 0 Å². The third-order valence-electron chi connectivity index (χ3n) is 2.75. The van der Waals surface area contributed by atoms with Gasteiger partial charge in [0, 0.05) is 5.56 Å². The number of hydrogen-bond acceptors (Lipinski definition) is 5. The van der Waals surface area contributed by atoms with E-state index in [2.05, 4.69) is 11.1 Å². The fraction of sp³-hybridized carbons (Fsp3) is 0.200. The minimum absolute atomic E-state index is 0.0101. The maximum absolute atomic E-state index is 11.8. The van der Waals surface area contributed by atoms with Gasteiger partial charge in [-0.3, -0.25) is 0 Å². The number of oxime groups is 1. The first-order valence-corrected chi connectivity index (χ1v) is 5.94. The zero-order valence-electron chi connectivity index (χ0n) is 10.9. The molecule has 0 saturated heterocycles. The minimum Gasteiger partial charge on any atom is -0.507 e. The van der Waals surface area contributed by atoms with Crippen molar-refractivity contribution in [2.45, 2.75) is 13.0 Å². The number of cyclic esters (lactones) is 1. The predicted octanol–water partition coefficient (Wildman–Crippen LogP) is 2.12.